The van der Waals surface area contributed by atoms with E-state index in [1.54, 1.807) is 0 Å². The van der Waals surface area contributed by atoms with Crippen molar-refractivity contribution < 1.29 is 4.79 Å². The molecule has 1 atom stereocenters. The van der Waals surface area contributed by atoms with E-state index >= 15 is 0 Å². The summed E-state index contributed by atoms with van der Waals surface area (Å²) in [5.41, 5.74) is 7.21. The topological polar surface area (TPSA) is 55.1 Å². The molecule has 0 heterocycles. The van der Waals surface area contributed by atoms with Crippen LogP contribution in [-0.4, -0.2) is 18.5 Å². The van der Waals surface area contributed by atoms with Gasteiger partial charge >= 0.3 is 0 Å². The first-order valence-electron chi connectivity index (χ1n) is 5.82. The van der Waals surface area contributed by atoms with E-state index in [0.717, 1.165) is 13.0 Å². The quantitative estimate of drug-likeness (QED) is 0.677. The van der Waals surface area contributed by atoms with Crippen LogP contribution in [0.1, 0.15) is 39.5 Å². The maximum absolute atomic E-state index is 11.5. The Labute approximate surface area is 92.1 Å². The SMILES string of the molecule is CC(C)[C@H](N)C(=O)NCCC1=CCCC1. The van der Waals surface area contributed by atoms with Crippen LogP contribution in [0.25, 0.3) is 0 Å². The van der Waals surface area contributed by atoms with Crippen LogP contribution in [-0.2, 0) is 4.79 Å². The Balaban J connectivity index is 2.16. The lowest BCUT2D eigenvalue weighted by Gasteiger charge is -2.15. The molecule has 15 heavy (non-hydrogen) atoms. The molecule has 86 valence electrons. The van der Waals surface area contributed by atoms with Crippen LogP contribution in [0.15, 0.2) is 11.6 Å². The molecule has 0 spiro atoms. The number of hydrogen-bond acceptors (Lipinski definition) is 2. The molecule has 0 fully saturated rings. The molecule has 0 unspecified atom stereocenters. The van der Waals surface area contributed by atoms with Gasteiger partial charge in [-0.2, -0.15) is 0 Å². The number of hydrogen-bond donors (Lipinski definition) is 2. The molecule has 0 aromatic carbocycles. The van der Waals surface area contributed by atoms with Crippen molar-refractivity contribution in [1.82, 2.24) is 5.32 Å². The van der Waals surface area contributed by atoms with Gasteiger partial charge in [-0.15, -0.1) is 0 Å². The van der Waals surface area contributed by atoms with Crippen LogP contribution >= 0.6 is 0 Å². The average molecular weight is 210 g/mol. The minimum atomic E-state index is -0.373. The highest BCUT2D eigenvalue weighted by Crippen LogP contribution is 2.19. The average Bonchev–Trinajstić information content (AvgIpc) is 2.69. The summed E-state index contributed by atoms with van der Waals surface area (Å²) >= 11 is 0. The third-order valence-corrected chi connectivity index (χ3v) is 2.90. The van der Waals surface area contributed by atoms with Crippen LogP contribution in [0.4, 0.5) is 0 Å². The van der Waals surface area contributed by atoms with Gasteiger partial charge in [0.2, 0.25) is 5.91 Å². The summed E-state index contributed by atoms with van der Waals surface area (Å²) in [4.78, 5) is 11.5. The molecule has 0 bridgehead atoms. The van der Waals surface area contributed by atoms with Gasteiger partial charge in [0.05, 0.1) is 6.04 Å². The molecule has 0 aromatic heterocycles. The van der Waals surface area contributed by atoms with Crippen molar-refractivity contribution >= 4 is 5.91 Å². The van der Waals surface area contributed by atoms with E-state index in [4.69, 9.17) is 5.73 Å². The molecule has 1 amide bonds. The Hall–Kier alpha value is -0.830. The zero-order valence-electron chi connectivity index (χ0n) is 9.75. The lowest BCUT2D eigenvalue weighted by atomic mass is 10.0. The van der Waals surface area contributed by atoms with E-state index in [2.05, 4.69) is 11.4 Å². The van der Waals surface area contributed by atoms with Gasteiger partial charge in [-0.05, 0) is 31.6 Å². The fraction of sp³-hybridized carbons (Fsp3) is 0.750. The summed E-state index contributed by atoms with van der Waals surface area (Å²) in [6.07, 6.45) is 6.95. The highest BCUT2D eigenvalue weighted by molar-refractivity contribution is 5.81. The lowest BCUT2D eigenvalue weighted by Crippen LogP contribution is -2.44. The predicted octanol–water partition coefficient (Wildman–Crippen LogP) is 1.59. The summed E-state index contributed by atoms with van der Waals surface area (Å²) in [6.45, 7) is 4.65. The van der Waals surface area contributed by atoms with Crippen LogP contribution in [0.3, 0.4) is 0 Å². The summed E-state index contributed by atoms with van der Waals surface area (Å²) in [5.74, 6) is 0.180. The fourth-order valence-electron chi connectivity index (χ4n) is 1.73. The Bertz CT molecular complexity index is 246. The van der Waals surface area contributed by atoms with Gasteiger partial charge < -0.3 is 11.1 Å². The number of rotatable bonds is 5. The van der Waals surface area contributed by atoms with Crippen LogP contribution in [0, 0.1) is 5.92 Å². The standard InChI is InChI=1S/C12H22N2O/c1-9(2)11(13)12(15)14-8-7-10-5-3-4-6-10/h5,9,11H,3-4,6-8,13H2,1-2H3,(H,14,15)/t11-/m0/s1. The van der Waals surface area contributed by atoms with Gasteiger partial charge in [-0.3, -0.25) is 4.79 Å². The van der Waals surface area contributed by atoms with Gasteiger partial charge in [0.15, 0.2) is 0 Å². The molecule has 0 aliphatic heterocycles. The summed E-state index contributed by atoms with van der Waals surface area (Å²) in [6, 6.07) is -0.373. The Morgan fingerprint density at radius 1 is 1.60 bits per heavy atom. The molecule has 0 saturated heterocycles. The van der Waals surface area contributed by atoms with E-state index in [0.29, 0.717) is 0 Å². The Morgan fingerprint density at radius 3 is 2.87 bits per heavy atom. The maximum atomic E-state index is 11.5. The first-order chi connectivity index (χ1) is 7.11. The molecule has 1 rings (SSSR count). The van der Waals surface area contributed by atoms with Gasteiger partial charge in [-0.25, -0.2) is 0 Å². The van der Waals surface area contributed by atoms with E-state index in [9.17, 15) is 4.79 Å². The van der Waals surface area contributed by atoms with Crippen molar-refractivity contribution in [3.05, 3.63) is 11.6 Å². The van der Waals surface area contributed by atoms with Crippen LogP contribution in [0.2, 0.25) is 0 Å². The maximum Gasteiger partial charge on any atom is 0.237 e. The molecule has 1 aliphatic rings. The molecule has 0 aromatic rings. The predicted molar refractivity (Wildman–Crippen MR) is 62.4 cm³/mol. The second kappa shape index (κ2) is 5.91. The minimum Gasteiger partial charge on any atom is -0.354 e. The van der Waals surface area contributed by atoms with Crippen molar-refractivity contribution in [3.63, 3.8) is 0 Å². The van der Waals surface area contributed by atoms with E-state index in [1.165, 1.54) is 24.8 Å². The van der Waals surface area contributed by atoms with Crippen molar-refractivity contribution in [2.75, 3.05) is 6.54 Å². The highest BCUT2D eigenvalue weighted by Gasteiger charge is 2.16. The monoisotopic (exact) mass is 210 g/mol. The smallest absolute Gasteiger partial charge is 0.237 e. The van der Waals surface area contributed by atoms with Gasteiger partial charge in [-0.1, -0.05) is 25.5 Å². The number of nitrogens with two attached hydrogens (primary N) is 1. The number of carbonyl (C=O) groups is 1. The fourth-order valence-corrected chi connectivity index (χ4v) is 1.73. The molecular weight excluding hydrogens is 188 g/mol. The molecule has 3 N–H and O–H groups in total. The summed E-state index contributed by atoms with van der Waals surface area (Å²) in [7, 11) is 0. The largest absolute Gasteiger partial charge is 0.354 e. The Kier molecular flexibility index (Phi) is 4.82. The normalized spacial score (nSPS) is 17.7. The summed E-state index contributed by atoms with van der Waals surface area (Å²) in [5, 5.41) is 2.89. The van der Waals surface area contributed by atoms with Gasteiger partial charge in [0.1, 0.15) is 0 Å². The lowest BCUT2D eigenvalue weighted by molar-refractivity contribution is -0.123. The van der Waals surface area contributed by atoms with Crippen LogP contribution in [0.5, 0.6) is 0 Å². The van der Waals surface area contributed by atoms with E-state index in [-0.39, 0.29) is 17.9 Å². The first-order valence-corrected chi connectivity index (χ1v) is 5.82. The second-order valence-electron chi connectivity index (χ2n) is 4.57. The molecule has 3 nitrogen and oxygen atoms in total. The molecule has 1 aliphatic carbocycles. The second-order valence-corrected chi connectivity index (χ2v) is 4.57. The zero-order valence-corrected chi connectivity index (χ0v) is 9.75. The Morgan fingerprint density at radius 2 is 2.33 bits per heavy atom. The van der Waals surface area contributed by atoms with E-state index in [1.807, 2.05) is 13.8 Å². The minimum absolute atomic E-state index is 0.0244. The van der Waals surface area contributed by atoms with Crippen molar-refractivity contribution in [1.29, 1.82) is 0 Å². The number of carbonyl (C=O) groups excluding carboxylic acids is 1. The molecular formula is C12H22N2O. The molecule has 3 heteroatoms. The number of allylic oxidation sites excluding steroid dienone is 1. The number of nitrogens with one attached hydrogen (secondary N) is 1. The summed E-state index contributed by atoms with van der Waals surface area (Å²) < 4.78 is 0. The highest BCUT2D eigenvalue weighted by atomic mass is 16.2. The van der Waals surface area contributed by atoms with Crippen molar-refractivity contribution in [2.45, 2.75) is 45.6 Å². The van der Waals surface area contributed by atoms with Gasteiger partial charge in [0.25, 0.3) is 0 Å². The number of amides is 1. The van der Waals surface area contributed by atoms with E-state index < -0.39 is 0 Å². The third-order valence-electron chi connectivity index (χ3n) is 2.90. The first kappa shape index (κ1) is 12.2. The third kappa shape index (κ3) is 4.04. The van der Waals surface area contributed by atoms with Crippen molar-refractivity contribution in [2.24, 2.45) is 11.7 Å². The molecule has 0 saturated carbocycles. The van der Waals surface area contributed by atoms with Gasteiger partial charge in [0, 0.05) is 6.54 Å². The van der Waals surface area contributed by atoms with Crippen molar-refractivity contribution in [3.8, 4) is 0 Å². The molecule has 0 radical (unpaired) electrons. The zero-order chi connectivity index (χ0) is 11.3. The van der Waals surface area contributed by atoms with Crippen LogP contribution < -0.4 is 11.1 Å².